The van der Waals surface area contributed by atoms with E-state index in [-0.39, 0.29) is 5.41 Å². The molecule has 6 nitrogen and oxygen atoms in total. The Hall–Kier alpha value is -1.37. The first-order valence-corrected chi connectivity index (χ1v) is 6.84. The summed E-state index contributed by atoms with van der Waals surface area (Å²) in [6.45, 7) is 8.19. The molecule has 0 saturated heterocycles. The lowest BCUT2D eigenvalue weighted by atomic mass is 9.96. The summed E-state index contributed by atoms with van der Waals surface area (Å²) in [5.41, 5.74) is -0.0909. The fraction of sp³-hybridized carbons (Fsp3) is 0.636. The van der Waals surface area contributed by atoms with Crippen LogP contribution in [0.5, 0.6) is 0 Å². The standard InChI is InChI=1S/C11H17N5OS/c1-5-7-12-10(15-14-7)18-6-8-13-9(16-17-8)11(2,3)4/h5-6H2,1-4H3,(H,12,14,15). The molecule has 18 heavy (non-hydrogen) atoms. The number of nitrogens with one attached hydrogen (secondary N) is 1. The van der Waals surface area contributed by atoms with Gasteiger partial charge < -0.3 is 4.52 Å². The molecule has 0 aliphatic carbocycles. The van der Waals surface area contributed by atoms with Crippen LogP contribution in [-0.2, 0) is 17.6 Å². The molecule has 2 rings (SSSR count). The van der Waals surface area contributed by atoms with Crippen molar-refractivity contribution in [3.05, 3.63) is 17.5 Å². The SMILES string of the molecule is CCc1nc(SCc2nc(C(C)(C)C)no2)n[nH]1. The molecule has 2 aromatic heterocycles. The normalized spacial score (nSPS) is 12.0. The van der Waals surface area contributed by atoms with Crippen molar-refractivity contribution in [2.45, 2.75) is 50.4 Å². The topological polar surface area (TPSA) is 80.5 Å². The molecule has 0 saturated carbocycles. The van der Waals surface area contributed by atoms with Crippen molar-refractivity contribution in [3.63, 3.8) is 0 Å². The van der Waals surface area contributed by atoms with Crippen LogP contribution in [0.3, 0.4) is 0 Å². The van der Waals surface area contributed by atoms with Crippen LogP contribution in [0.1, 0.15) is 45.2 Å². The molecule has 0 spiro atoms. The van der Waals surface area contributed by atoms with Crippen LogP contribution in [0.25, 0.3) is 0 Å². The van der Waals surface area contributed by atoms with Crippen LogP contribution in [-0.4, -0.2) is 25.3 Å². The first-order chi connectivity index (χ1) is 8.49. The summed E-state index contributed by atoms with van der Waals surface area (Å²) < 4.78 is 5.20. The van der Waals surface area contributed by atoms with Gasteiger partial charge in [0.05, 0.1) is 5.75 Å². The largest absolute Gasteiger partial charge is 0.338 e. The van der Waals surface area contributed by atoms with Gasteiger partial charge in [0, 0.05) is 11.8 Å². The van der Waals surface area contributed by atoms with E-state index in [0.717, 1.165) is 18.1 Å². The second kappa shape index (κ2) is 5.09. The van der Waals surface area contributed by atoms with Gasteiger partial charge in [0.15, 0.2) is 5.82 Å². The fourth-order valence-corrected chi connectivity index (χ4v) is 1.90. The molecular weight excluding hydrogens is 250 g/mol. The Balaban J connectivity index is 1.96. The lowest BCUT2D eigenvalue weighted by molar-refractivity contribution is 0.373. The molecular formula is C11H17N5OS. The Kier molecular flexibility index (Phi) is 3.70. The minimum absolute atomic E-state index is 0.0909. The van der Waals surface area contributed by atoms with E-state index in [1.54, 1.807) is 0 Å². The zero-order chi connectivity index (χ0) is 13.2. The van der Waals surface area contributed by atoms with E-state index in [1.807, 2.05) is 6.92 Å². The van der Waals surface area contributed by atoms with Crippen molar-refractivity contribution in [2.75, 3.05) is 0 Å². The van der Waals surface area contributed by atoms with Crippen molar-refractivity contribution in [2.24, 2.45) is 0 Å². The average molecular weight is 267 g/mol. The average Bonchev–Trinajstić information content (AvgIpc) is 2.94. The number of rotatable bonds is 4. The van der Waals surface area contributed by atoms with Crippen LogP contribution in [0.15, 0.2) is 9.68 Å². The molecule has 98 valence electrons. The molecule has 7 heteroatoms. The number of nitrogens with zero attached hydrogens (tertiary/aromatic N) is 4. The van der Waals surface area contributed by atoms with Crippen LogP contribution in [0.4, 0.5) is 0 Å². The van der Waals surface area contributed by atoms with E-state index in [0.29, 0.717) is 16.8 Å². The third-order valence-electron chi connectivity index (χ3n) is 2.31. The summed E-state index contributed by atoms with van der Waals surface area (Å²) in [7, 11) is 0. The number of H-pyrrole nitrogens is 1. The Morgan fingerprint density at radius 1 is 1.28 bits per heavy atom. The first-order valence-electron chi connectivity index (χ1n) is 5.86. The highest BCUT2D eigenvalue weighted by Gasteiger charge is 2.21. The summed E-state index contributed by atoms with van der Waals surface area (Å²) in [6, 6.07) is 0. The predicted octanol–water partition coefficient (Wildman–Crippen LogP) is 2.34. The number of hydrogen-bond donors (Lipinski definition) is 1. The third-order valence-corrected chi connectivity index (χ3v) is 3.14. The summed E-state index contributed by atoms with van der Waals surface area (Å²) >= 11 is 1.48. The van der Waals surface area contributed by atoms with E-state index in [1.165, 1.54) is 11.8 Å². The summed E-state index contributed by atoms with van der Waals surface area (Å²) in [6.07, 6.45) is 0.849. The smallest absolute Gasteiger partial charge is 0.237 e. The fourth-order valence-electron chi connectivity index (χ4n) is 1.24. The van der Waals surface area contributed by atoms with Crippen molar-refractivity contribution >= 4 is 11.8 Å². The van der Waals surface area contributed by atoms with E-state index < -0.39 is 0 Å². The zero-order valence-corrected chi connectivity index (χ0v) is 11.8. The highest BCUT2D eigenvalue weighted by Crippen LogP contribution is 2.22. The molecule has 0 amide bonds. The van der Waals surface area contributed by atoms with Crippen LogP contribution >= 0.6 is 11.8 Å². The number of aromatic amines is 1. The Morgan fingerprint density at radius 3 is 2.61 bits per heavy atom. The lowest BCUT2D eigenvalue weighted by Gasteiger charge is -2.10. The van der Waals surface area contributed by atoms with Gasteiger partial charge in [-0.25, -0.2) is 4.98 Å². The molecule has 0 aliphatic rings. The highest BCUT2D eigenvalue weighted by atomic mass is 32.2. The van der Waals surface area contributed by atoms with Crippen LogP contribution in [0, 0.1) is 0 Å². The molecule has 0 atom stereocenters. The second-order valence-electron chi connectivity index (χ2n) is 4.97. The van der Waals surface area contributed by atoms with Crippen molar-refractivity contribution < 1.29 is 4.52 Å². The minimum atomic E-state index is -0.0909. The van der Waals surface area contributed by atoms with Gasteiger partial charge >= 0.3 is 0 Å². The van der Waals surface area contributed by atoms with Crippen LogP contribution in [0.2, 0.25) is 0 Å². The summed E-state index contributed by atoms with van der Waals surface area (Å²) in [4.78, 5) is 8.66. The number of thioether (sulfide) groups is 1. The summed E-state index contributed by atoms with van der Waals surface area (Å²) in [5.74, 6) is 2.80. The van der Waals surface area contributed by atoms with Crippen molar-refractivity contribution in [3.8, 4) is 0 Å². The van der Waals surface area contributed by atoms with E-state index in [2.05, 4.69) is 46.1 Å². The minimum Gasteiger partial charge on any atom is -0.338 e. The van der Waals surface area contributed by atoms with Gasteiger partial charge in [0.1, 0.15) is 5.82 Å². The number of hydrogen-bond acceptors (Lipinski definition) is 6. The Morgan fingerprint density at radius 2 is 2.06 bits per heavy atom. The monoisotopic (exact) mass is 267 g/mol. The molecule has 0 aliphatic heterocycles. The maximum Gasteiger partial charge on any atom is 0.237 e. The second-order valence-corrected chi connectivity index (χ2v) is 5.91. The molecule has 0 fully saturated rings. The van der Waals surface area contributed by atoms with Crippen molar-refractivity contribution in [1.82, 2.24) is 25.3 Å². The molecule has 0 aromatic carbocycles. The third kappa shape index (κ3) is 3.10. The number of aryl methyl sites for hydroxylation is 1. The van der Waals surface area contributed by atoms with Gasteiger partial charge in [0.2, 0.25) is 11.0 Å². The Bertz CT molecular complexity index is 513. The highest BCUT2D eigenvalue weighted by molar-refractivity contribution is 7.98. The van der Waals surface area contributed by atoms with Gasteiger partial charge in [-0.1, -0.05) is 44.6 Å². The maximum absolute atomic E-state index is 5.20. The zero-order valence-electron chi connectivity index (χ0n) is 11.0. The molecule has 0 bridgehead atoms. The van der Waals surface area contributed by atoms with E-state index >= 15 is 0 Å². The molecule has 0 radical (unpaired) electrons. The Labute approximate surface area is 110 Å². The van der Waals surface area contributed by atoms with Gasteiger partial charge in [-0.3, -0.25) is 5.10 Å². The van der Waals surface area contributed by atoms with Gasteiger partial charge in [0.25, 0.3) is 0 Å². The van der Waals surface area contributed by atoms with Gasteiger partial charge in [-0.15, -0.1) is 5.10 Å². The maximum atomic E-state index is 5.20. The van der Waals surface area contributed by atoms with Gasteiger partial charge in [-0.2, -0.15) is 4.98 Å². The van der Waals surface area contributed by atoms with E-state index in [4.69, 9.17) is 4.52 Å². The lowest BCUT2D eigenvalue weighted by Crippen LogP contribution is -2.13. The molecule has 2 heterocycles. The van der Waals surface area contributed by atoms with Gasteiger partial charge in [-0.05, 0) is 0 Å². The number of aromatic nitrogens is 5. The van der Waals surface area contributed by atoms with Crippen molar-refractivity contribution in [1.29, 1.82) is 0 Å². The quantitative estimate of drug-likeness (QED) is 0.856. The van der Waals surface area contributed by atoms with Crippen LogP contribution < -0.4 is 0 Å². The van der Waals surface area contributed by atoms with E-state index in [9.17, 15) is 0 Å². The first kappa shape index (κ1) is 13.1. The molecule has 1 N–H and O–H groups in total. The molecule has 2 aromatic rings. The predicted molar refractivity (Wildman–Crippen MR) is 68.3 cm³/mol. The summed E-state index contributed by atoms with van der Waals surface area (Å²) in [5, 5.41) is 11.7. The molecule has 0 unspecified atom stereocenters.